The Balaban J connectivity index is 1.52. The van der Waals surface area contributed by atoms with Crippen LogP contribution in [0.2, 0.25) is 0 Å². The van der Waals surface area contributed by atoms with Crippen molar-refractivity contribution >= 4 is 34.1 Å². The standard InChI is InChI=1S/C21H29N3O4S/c1-14(25)23-8-6-15(7-9-23)19(26)22-20-18(16-4-2-3-5-17(16)29-20)21(27)24-10-12-28-13-11-24/h15H,2-13H2,1H3,(H,22,26). The minimum absolute atomic E-state index is 0.0226. The molecular weight excluding hydrogens is 390 g/mol. The van der Waals surface area contributed by atoms with Gasteiger partial charge in [0.15, 0.2) is 0 Å². The van der Waals surface area contributed by atoms with Crippen molar-refractivity contribution in [2.75, 3.05) is 44.7 Å². The Morgan fingerprint density at radius 1 is 1.00 bits per heavy atom. The number of rotatable bonds is 3. The van der Waals surface area contributed by atoms with Gasteiger partial charge >= 0.3 is 0 Å². The van der Waals surface area contributed by atoms with Gasteiger partial charge < -0.3 is 19.9 Å². The first-order chi connectivity index (χ1) is 14.0. The predicted octanol–water partition coefficient (Wildman–Crippen LogP) is 2.30. The Labute approximate surface area is 175 Å². The number of hydrogen-bond donors (Lipinski definition) is 1. The molecule has 0 radical (unpaired) electrons. The summed E-state index contributed by atoms with van der Waals surface area (Å²) in [7, 11) is 0. The van der Waals surface area contributed by atoms with Gasteiger partial charge in [-0.15, -0.1) is 11.3 Å². The van der Waals surface area contributed by atoms with Crippen molar-refractivity contribution < 1.29 is 19.1 Å². The molecule has 0 bridgehead atoms. The van der Waals surface area contributed by atoms with Crippen LogP contribution in [0.1, 0.15) is 53.4 Å². The summed E-state index contributed by atoms with van der Waals surface area (Å²) in [5, 5.41) is 3.81. The Morgan fingerprint density at radius 2 is 1.69 bits per heavy atom. The Bertz CT molecular complexity index is 792. The number of carbonyl (C=O) groups is 3. The van der Waals surface area contributed by atoms with Gasteiger partial charge in [0.05, 0.1) is 18.8 Å². The van der Waals surface area contributed by atoms with E-state index in [0.29, 0.717) is 62.8 Å². The van der Waals surface area contributed by atoms with Crippen molar-refractivity contribution in [1.29, 1.82) is 0 Å². The van der Waals surface area contributed by atoms with Gasteiger partial charge in [-0.05, 0) is 44.1 Å². The second-order valence-corrected chi connectivity index (χ2v) is 9.19. The monoisotopic (exact) mass is 419 g/mol. The first-order valence-corrected chi connectivity index (χ1v) is 11.4. The van der Waals surface area contributed by atoms with E-state index < -0.39 is 0 Å². The second-order valence-electron chi connectivity index (χ2n) is 8.09. The fraction of sp³-hybridized carbons (Fsp3) is 0.667. The number of nitrogens with one attached hydrogen (secondary N) is 1. The molecule has 8 heteroatoms. The molecule has 1 aromatic rings. The molecule has 0 atom stereocenters. The van der Waals surface area contributed by atoms with Gasteiger partial charge in [0.2, 0.25) is 11.8 Å². The van der Waals surface area contributed by atoms with E-state index in [-0.39, 0.29) is 23.6 Å². The molecule has 0 spiro atoms. The molecule has 0 aromatic carbocycles. The fourth-order valence-electron chi connectivity index (χ4n) is 4.48. The maximum atomic E-state index is 13.3. The topological polar surface area (TPSA) is 79.0 Å². The number of anilines is 1. The average molecular weight is 420 g/mol. The average Bonchev–Trinajstić information content (AvgIpc) is 3.11. The van der Waals surface area contributed by atoms with E-state index in [1.165, 1.54) is 4.88 Å². The second kappa shape index (κ2) is 8.83. The third-order valence-electron chi connectivity index (χ3n) is 6.23. The highest BCUT2D eigenvalue weighted by Gasteiger charge is 2.32. The quantitative estimate of drug-likeness (QED) is 0.815. The lowest BCUT2D eigenvalue weighted by atomic mass is 9.94. The third kappa shape index (κ3) is 4.33. The number of ether oxygens (including phenoxy) is 1. The largest absolute Gasteiger partial charge is 0.378 e. The van der Waals surface area contributed by atoms with E-state index >= 15 is 0 Å². The third-order valence-corrected chi connectivity index (χ3v) is 7.44. The summed E-state index contributed by atoms with van der Waals surface area (Å²) in [4.78, 5) is 42.7. The normalized spacial score (nSPS) is 20.3. The zero-order valence-electron chi connectivity index (χ0n) is 17.0. The highest BCUT2D eigenvalue weighted by molar-refractivity contribution is 7.17. The summed E-state index contributed by atoms with van der Waals surface area (Å²) >= 11 is 1.58. The lowest BCUT2D eigenvalue weighted by Gasteiger charge is -2.30. The summed E-state index contributed by atoms with van der Waals surface area (Å²) in [6.45, 7) is 5.13. The van der Waals surface area contributed by atoms with E-state index in [0.717, 1.165) is 31.2 Å². The first-order valence-electron chi connectivity index (χ1n) is 10.6. The summed E-state index contributed by atoms with van der Waals surface area (Å²) in [5.74, 6) is -0.0542. The highest BCUT2D eigenvalue weighted by Crippen LogP contribution is 2.39. The van der Waals surface area contributed by atoms with Crippen molar-refractivity contribution in [3.8, 4) is 0 Å². The Hall–Kier alpha value is -1.93. The fourth-order valence-corrected chi connectivity index (χ4v) is 5.76. The maximum Gasteiger partial charge on any atom is 0.257 e. The zero-order valence-corrected chi connectivity index (χ0v) is 17.8. The molecule has 2 saturated heterocycles. The molecule has 0 saturated carbocycles. The molecule has 1 aromatic heterocycles. The highest BCUT2D eigenvalue weighted by atomic mass is 32.1. The van der Waals surface area contributed by atoms with Gasteiger partial charge in [-0.2, -0.15) is 0 Å². The SMILES string of the molecule is CC(=O)N1CCC(C(=O)Nc2sc3c(c2C(=O)N2CCOCC2)CCCC3)CC1. The van der Waals surface area contributed by atoms with Gasteiger partial charge in [-0.3, -0.25) is 14.4 Å². The van der Waals surface area contributed by atoms with E-state index in [1.54, 1.807) is 23.2 Å². The molecule has 7 nitrogen and oxygen atoms in total. The number of likely N-dealkylation sites (tertiary alicyclic amines) is 1. The van der Waals surface area contributed by atoms with Crippen molar-refractivity contribution in [2.45, 2.75) is 45.4 Å². The molecule has 1 N–H and O–H groups in total. The number of morpholine rings is 1. The molecule has 3 aliphatic rings. The van der Waals surface area contributed by atoms with Gasteiger partial charge in [-0.1, -0.05) is 0 Å². The van der Waals surface area contributed by atoms with Gasteiger partial charge in [0.25, 0.3) is 5.91 Å². The van der Waals surface area contributed by atoms with E-state index in [1.807, 2.05) is 4.90 Å². The van der Waals surface area contributed by atoms with Crippen LogP contribution in [0, 0.1) is 5.92 Å². The summed E-state index contributed by atoms with van der Waals surface area (Å²) in [6, 6.07) is 0. The smallest absolute Gasteiger partial charge is 0.257 e. The molecule has 29 heavy (non-hydrogen) atoms. The Morgan fingerprint density at radius 3 is 2.38 bits per heavy atom. The summed E-state index contributed by atoms with van der Waals surface area (Å²) < 4.78 is 5.39. The van der Waals surface area contributed by atoms with Gasteiger partial charge in [-0.25, -0.2) is 0 Å². The molecule has 2 aliphatic heterocycles. The molecular formula is C21H29N3O4S. The van der Waals surface area contributed by atoms with Crippen molar-refractivity contribution in [1.82, 2.24) is 9.80 Å². The van der Waals surface area contributed by atoms with Crippen molar-refractivity contribution in [3.05, 3.63) is 16.0 Å². The van der Waals surface area contributed by atoms with E-state index in [9.17, 15) is 14.4 Å². The van der Waals surface area contributed by atoms with Crippen LogP contribution in [0.25, 0.3) is 0 Å². The molecule has 3 heterocycles. The number of thiophene rings is 1. The van der Waals surface area contributed by atoms with E-state index in [2.05, 4.69) is 5.32 Å². The van der Waals surface area contributed by atoms with Gasteiger partial charge in [0, 0.05) is 43.9 Å². The number of carbonyl (C=O) groups excluding carboxylic acids is 3. The molecule has 4 rings (SSSR count). The Kier molecular flexibility index (Phi) is 6.20. The zero-order chi connectivity index (χ0) is 20.4. The minimum Gasteiger partial charge on any atom is -0.378 e. The summed E-state index contributed by atoms with van der Waals surface area (Å²) in [6.07, 6.45) is 5.45. The number of hydrogen-bond acceptors (Lipinski definition) is 5. The minimum atomic E-state index is -0.115. The number of aryl methyl sites for hydroxylation is 1. The van der Waals surface area contributed by atoms with Crippen LogP contribution in [-0.4, -0.2) is 66.9 Å². The van der Waals surface area contributed by atoms with Crippen LogP contribution in [0.15, 0.2) is 0 Å². The molecule has 0 unspecified atom stereocenters. The van der Waals surface area contributed by atoms with Crippen LogP contribution in [0.4, 0.5) is 5.00 Å². The maximum absolute atomic E-state index is 13.3. The van der Waals surface area contributed by atoms with Crippen molar-refractivity contribution in [2.24, 2.45) is 5.92 Å². The molecule has 3 amide bonds. The number of piperidine rings is 1. The summed E-state index contributed by atoms with van der Waals surface area (Å²) in [5.41, 5.74) is 1.85. The van der Waals surface area contributed by atoms with Crippen molar-refractivity contribution in [3.63, 3.8) is 0 Å². The lowest BCUT2D eigenvalue weighted by molar-refractivity contribution is -0.132. The van der Waals surface area contributed by atoms with Crippen LogP contribution in [-0.2, 0) is 27.2 Å². The number of nitrogens with zero attached hydrogens (tertiary/aromatic N) is 2. The molecule has 1 aliphatic carbocycles. The van der Waals surface area contributed by atoms with Crippen LogP contribution < -0.4 is 5.32 Å². The number of amides is 3. The first kappa shape index (κ1) is 20.3. The van der Waals surface area contributed by atoms with Crippen LogP contribution >= 0.6 is 11.3 Å². The lowest BCUT2D eigenvalue weighted by Crippen LogP contribution is -2.42. The molecule has 2 fully saturated rings. The molecule has 158 valence electrons. The van der Waals surface area contributed by atoms with Crippen LogP contribution in [0.5, 0.6) is 0 Å². The van der Waals surface area contributed by atoms with E-state index in [4.69, 9.17) is 4.74 Å². The predicted molar refractivity (Wildman–Crippen MR) is 111 cm³/mol. The number of fused-ring (bicyclic) bond motifs is 1. The van der Waals surface area contributed by atoms with Crippen LogP contribution in [0.3, 0.4) is 0 Å². The van der Waals surface area contributed by atoms with Gasteiger partial charge in [0.1, 0.15) is 5.00 Å².